The molecule has 0 bridgehead atoms. The molecular formula is C19H24FN3. The molecule has 0 saturated heterocycles. The van der Waals surface area contributed by atoms with Gasteiger partial charge in [-0.2, -0.15) is 0 Å². The van der Waals surface area contributed by atoms with Crippen molar-refractivity contribution in [2.24, 2.45) is 4.99 Å². The summed E-state index contributed by atoms with van der Waals surface area (Å²) in [7, 11) is 1.76. The molecule has 0 fully saturated rings. The zero-order valence-corrected chi connectivity index (χ0v) is 13.6. The summed E-state index contributed by atoms with van der Waals surface area (Å²) in [6.07, 6.45) is 2.87. The third-order valence-electron chi connectivity index (χ3n) is 3.60. The van der Waals surface area contributed by atoms with Crippen LogP contribution in [-0.4, -0.2) is 26.1 Å². The predicted molar refractivity (Wildman–Crippen MR) is 94.2 cm³/mol. The summed E-state index contributed by atoms with van der Waals surface area (Å²) < 4.78 is 13.1. The highest BCUT2D eigenvalue weighted by Gasteiger charge is 1.99. The fourth-order valence-electron chi connectivity index (χ4n) is 2.38. The summed E-state index contributed by atoms with van der Waals surface area (Å²) in [5, 5.41) is 6.55. The Bertz CT molecular complexity index is 611. The minimum absolute atomic E-state index is 0.189. The quantitative estimate of drug-likeness (QED) is 0.468. The Morgan fingerprint density at radius 3 is 2.39 bits per heavy atom. The third kappa shape index (κ3) is 6.51. The summed E-state index contributed by atoms with van der Waals surface area (Å²) in [5.41, 5.74) is 2.33. The zero-order chi connectivity index (χ0) is 16.3. The Morgan fingerprint density at radius 2 is 1.65 bits per heavy atom. The lowest BCUT2D eigenvalue weighted by molar-refractivity contribution is 0.625. The lowest BCUT2D eigenvalue weighted by atomic mass is 10.1. The van der Waals surface area contributed by atoms with Crippen molar-refractivity contribution in [1.82, 2.24) is 10.6 Å². The van der Waals surface area contributed by atoms with Gasteiger partial charge in [-0.1, -0.05) is 42.5 Å². The summed E-state index contributed by atoms with van der Waals surface area (Å²) in [5.74, 6) is 0.598. The van der Waals surface area contributed by atoms with Crippen LogP contribution in [0.1, 0.15) is 17.5 Å². The van der Waals surface area contributed by atoms with Crippen molar-refractivity contribution >= 4 is 5.96 Å². The molecule has 0 heterocycles. The highest BCUT2D eigenvalue weighted by Crippen LogP contribution is 2.03. The van der Waals surface area contributed by atoms with Gasteiger partial charge in [0, 0.05) is 20.1 Å². The average Bonchev–Trinajstić information content (AvgIpc) is 2.58. The molecule has 0 aromatic heterocycles. The molecule has 2 N–H and O–H groups in total. The van der Waals surface area contributed by atoms with Gasteiger partial charge in [0.05, 0.1) is 0 Å². The minimum Gasteiger partial charge on any atom is -0.356 e. The van der Waals surface area contributed by atoms with Crippen molar-refractivity contribution in [3.8, 4) is 0 Å². The van der Waals surface area contributed by atoms with Gasteiger partial charge in [0.1, 0.15) is 5.82 Å². The molecule has 0 unspecified atom stereocenters. The first-order chi connectivity index (χ1) is 11.3. The zero-order valence-electron chi connectivity index (χ0n) is 13.6. The molecule has 0 aliphatic rings. The second kappa shape index (κ2) is 9.62. The SMILES string of the molecule is CN=C(NCCCc1ccccc1)NCCc1cccc(F)c1. The maximum atomic E-state index is 13.1. The van der Waals surface area contributed by atoms with Gasteiger partial charge in [-0.3, -0.25) is 4.99 Å². The van der Waals surface area contributed by atoms with Gasteiger partial charge in [-0.05, 0) is 42.5 Å². The van der Waals surface area contributed by atoms with Gasteiger partial charge >= 0.3 is 0 Å². The highest BCUT2D eigenvalue weighted by molar-refractivity contribution is 5.79. The largest absolute Gasteiger partial charge is 0.356 e. The molecule has 2 rings (SSSR count). The van der Waals surface area contributed by atoms with Crippen LogP contribution in [0.15, 0.2) is 59.6 Å². The van der Waals surface area contributed by atoms with Crippen LogP contribution in [-0.2, 0) is 12.8 Å². The first kappa shape index (κ1) is 17.0. The van der Waals surface area contributed by atoms with Crippen LogP contribution in [0.25, 0.3) is 0 Å². The summed E-state index contributed by atoms with van der Waals surface area (Å²) in [6, 6.07) is 17.2. The third-order valence-corrected chi connectivity index (χ3v) is 3.60. The predicted octanol–water partition coefficient (Wildman–Crippen LogP) is 3.17. The van der Waals surface area contributed by atoms with Crippen LogP contribution >= 0.6 is 0 Å². The van der Waals surface area contributed by atoms with Gasteiger partial charge in [-0.15, -0.1) is 0 Å². The molecule has 2 aromatic rings. The standard InChI is InChI=1S/C19H24FN3/c1-21-19(22-13-6-10-16-7-3-2-4-8-16)23-14-12-17-9-5-11-18(20)15-17/h2-5,7-9,11,15H,6,10,12-14H2,1H3,(H2,21,22,23). The molecule has 23 heavy (non-hydrogen) atoms. The number of aryl methyl sites for hydroxylation is 1. The molecule has 0 amide bonds. The number of nitrogens with zero attached hydrogens (tertiary/aromatic N) is 1. The van der Waals surface area contributed by atoms with Crippen LogP contribution in [0.2, 0.25) is 0 Å². The Balaban J connectivity index is 1.63. The van der Waals surface area contributed by atoms with E-state index in [4.69, 9.17) is 0 Å². The summed E-state index contributed by atoms with van der Waals surface area (Å²) in [6.45, 7) is 1.59. The van der Waals surface area contributed by atoms with Gasteiger partial charge in [-0.25, -0.2) is 4.39 Å². The van der Waals surface area contributed by atoms with E-state index in [0.717, 1.165) is 43.9 Å². The number of hydrogen-bond acceptors (Lipinski definition) is 1. The molecule has 2 aromatic carbocycles. The van der Waals surface area contributed by atoms with Crippen molar-refractivity contribution in [3.63, 3.8) is 0 Å². The number of guanidine groups is 1. The molecule has 0 aliphatic carbocycles. The fraction of sp³-hybridized carbons (Fsp3) is 0.316. The highest BCUT2D eigenvalue weighted by atomic mass is 19.1. The lowest BCUT2D eigenvalue weighted by Crippen LogP contribution is -2.38. The second-order valence-corrected chi connectivity index (χ2v) is 5.39. The Hall–Kier alpha value is -2.36. The van der Waals surface area contributed by atoms with Gasteiger partial charge in [0.2, 0.25) is 0 Å². The molecule has 3 nitrogen and oxygen atoms in total. The van der Waals surface area contributed by atoms with Gasteiger partial charge < -0.3 is 10.6 Å². The van der Waals surface area contributed by atoms with Crippen LogP contribution in [0.5, 0.6) is 0 Å². The van der Waals surface area contributed by atoms with Gasteiger partial charge in [0.25, 0.3) is 0 Å². The average molecular weight is 313 g/mol. The first-order valence-corrected chi connectivity index (χ1v) is 8.01. The fourth-order valence-corrected chi connectivity index (χ4v) is 2.38. The number of aliphatic imine (C=N–C) groups is 1. The van der Waals surface area contributed by atoms with Crippen LogP contribution in [0.3, 0.4) is 0 Å². The maximum absolute atomic E-state index is 13.1. The molecule has 0 radical (unpaired) electrons. The summed E-state index contributed by atoms with van der Waals surface area (Å²) in [4.78, 5) is 4.20. The molecule has 122 valence electrons. The smallest absolute Gasteiger partial charge is 0.190 e. The Kier molecular flexibility index (Phi) is 7.11. The number of rotatable bonds is 7. The first-order valence-electron chi connectivity index (χ1n) is 8.01. The molecule has 4 heteroatoms. The van der Waals surface area contributed by atoms with Crippen molar-refractivity contribution < 1.29 is 4.39 Å². The van der Waals surface area contributed by atoms with Crippen molar-refractivity contribution in [2.75, 3.05) is 20.1 Å². The minimum atomic E-state index is -0.189. The number of benzene rings is 2. The number of nitrogens with one attached hydrogen (secondary N) is 2. The van der Waals surface area contributed by atoms with Crippen LogP contribution in [0.4, 0.5) is 4.39 Å². The molecule has 0 saturated carbocycles. The van der Waals surface area contributed by atoms with E-state index in [2.05, 4.69) is 39.9 Å². The summed E-state index contributed by atoms with van der Waals surface area (Å²) >= 11 is 0. The molecule has 0 aliphatic heterocycles. The van der Waals surface area contributed by atoms with E-state index in [1.165, 1.54) is 11.6 Å². The van der Waals surface area contributed by atoms with E-state index in [0.29, 0.717) is 0 Å². The van der Waals surface area contributed by atoms with E-state index in [-0.39, 0.29) is 5.82 Å². The number of halogens is 1. The molecule has 0 atom stereocenters. The van der Waals surface area contributed by atoms with Gasteiger partial charge in [0.15, 0.2) is 5.96 Å². The van der Waals surface area contributed by atoms with Crippen molar-refractivity contribution in [1.29, 1.82) is 0 Å². The molecule has 0 spiro atoms. The van der Waals surface area contributed by atoms with E-state index in [1.54, 1.807) is 19.2 Å². The van der Waals surface area contributed by atoms with E-state index in [9.17, 15) is 4.39 Å². The maximum Gasteiger partial charge on any atom is 0.190 e. The topological polar surface area (TPSA) is 36.4 Å². The van der Waals surface area contributed by atoms with Crippen molar-refractivity contribution in [2.45, 2.75) is 19.3 Å². The number of hydrogen-bond donors (Lipinski definition) is 2. The van der Waals surface area contributed by atoms with Crippen LogP contribution in [0, 0.1) is 5.82 Å². The second-order valence-electron chi connectivity index (χ2n) is 5.39. The van der Waals surface area contributed by atoms with E-state index >= 15 is 0 Å². The Labute approximate surface area is 137 Å². The van der Waals surface area contributed by atoms with Crippen molar-refractivity contribution in [3.05, 3.63) is 71.5 Å². The normalized spacial score (nSPS) is 11.3. The van der Waals surface area contributed by atoms with E-state index in [1.807, 2.05) is 12.1 Å². The van der Waals surface area contributed by atoms with Crippen LogP contribution < -0.4 is 10.6 Å². The molecular weight excluding hydrogens is 289 g/mol. The lowest BCUT2D eigenvalue weighted by Gasteiger charge is -2.12. The van der Waals surface area contributed by atoms with E-state index < -0.39 is 0 Å². The monoisotopic (exact) mass is 313 g/mol. The Morgan fingerprint density at radius 1 is 0.913 bits per heavy atom.